The summed E-state index contributed by atoms with van der Waals surface area (Å²) in [5.74, 6) is 0.165. The Labute approximate surface area is 155 Å². The molecular weight excluding hydrogens is 350 g/mol. The van der Waals surface area contributed by atoms with Gasteiger partial charge in [-0.25, -0.2) is 13.1 Å². The number of carbonyl (C=O) groups is 1. The predicted molar refractivity (Wildman–Crippen MR) is 101 cm³/mol. The minimum Gasteiger partial charge on any atom is -0.361 e. The molecule has 3 aliphatic rings. The number of amides is 1. The minimum absolute atomic E-state index is 0.0934. The Hall–Kier alpha value is -1.60. The maximum Gasteiger partial charge on any atom is 0.242 e. The molecule has 1 saturated heterocycles. The molecule has 26 heavy (non-hydrogen) atoms. The zero-order valence-corrected chi connectivity index (χ0v) is 16.3. The second kappa shape index (κ2) is 6.23. The highest BCUT2D eigenvalue weighted by atomic mass is 32.2. The molecule has 0 atom stereocenters. The van der Waals surface area contributed by atoms with Gasteiger partial charge >= 0.3 is 0 Å². The van der Waals surface area contributed by atoms with E-state index in [-0.39, 0.29) is 17.4 Å². The highest BCUT2D eigenvalue weighted by Gasteiger charge is 2.38. The van der Waals surface area contributed by atoms with E-state index in [9.17, 15) is 13.2 Å². The first-order chi connectivity index (χ1) is 12.3. The number of nitrogens with one attached hydrogen (secondary N) is 1. The van der Waals surface area contributed by atoms with E-state index in [2.05, 4.69) is 23.5 Å². The molecule has 142 valence electrons. The molecule has 0 radical (unpaired) electrons. The second-order valence-corrected chi connectivity index (χ2v) is 10.1. The van der Waals surface area contributed by atoms with Crippen molar-refractivity contribution in [2.45, 2.75) is 55.9 Å². The molecule has 2 fully saturated rings. The van der Waals surface area contributed by atoms with E-state index in [1.807, 2.05) is 11.0 Å². The van der Waals surface area contributed by atoms with Crippen molar-refractivity contribution in [2.75, 3.05) is 31.1 Å². The van der Waals surface area contributed by atoms with E-state index < -0.39 is 10.0 Å². The highest BCUT2D eigenvalue weighted by Crippen LogP contribution is 2.41. The van der Waals surface area contributed by atoms with Crippen molar-refractivity contribution in [3.63, 3.8) is 0 Å². The Bertz CT molecular complexity index is 824. The van der Waals surface area contributed by atoms with Crippen LogP contribution in [-0.4, -0.2) is 51.4 Å². The van der Waals surface area contributed by atoms with E-state index in [1.165, 1.54) is 0 Å². The maximum atomic E-state index is 12.6. The number of hydrogen-bond donors (Lipinski definition) is 1. The maximum absolute atomic E-state index is 12.6. The average Bonchev–Trinajstić information content (AvgIpc) is 3.12. The molecule has 0 aromatic heterocycles. The molecule has 1 aromatic carbocycles. The van der Waals surface area contributed by atoms with Gasteiger partial charge in [0, 0.05) is 36.8 Å². The van der Waals surface area contributed by atoms with Crippen LogP contribution < -0.4 is 9.62 Å². The lowest BCUT2D eigenvalue weighted by atomic mass is 9.87. The average molecular weight is 378 g/mol. The number of nitrogens with zero attached hydrogens (tertiary/aromatic N) is 2. The van der Waals surface area contributed by atoms with Crippen LogP contribution in [0.4, 0.5) is 5.69 Å². The molecule has 0 unspecified atom stereocenters. The van der Waals surface area contributed by atoms with Gasteiger partial charge in [0.05, 0.1) is 11.4 Å². The van der Waals surface area contributed by atoms with Crippen molar-refractivity contribution in [3.8, 4) is 0 Å². The molecule has 1 aromatic rings. The quantitative estimate of drug-likeness (QED) is 0.850. The second-order valence-electron chi connectivity index (χ2n) is 8.40. The molecule has 2 aliphatic heterocycles. The van der Waals surface area contributed by atoms with Gasteiger partial charge < -0.3 is 9.80 Å². The van der Waals surface area contributed by atoms with Crippen LogP contribution in [0, 0.1) is 0 Å². The molecular formula is C19H27N3O3S. The summed E-state index contributed by atoms with van der Waals surface area (Å²) < 4.78 is 27.8. The summed E-state index contributed by atoms with van der Waals surface area (Å²) in [6.45, 7) is 7.01. The van der Waals surface area contributed by atoms with Crippen LogP contribution in [0.15, 0.2) is 23.1 Å². The number of anilines is 1. The van der Waals surface area contributed by atoms with Gasteiger partial charge in [0.25, 0.3) is 0 Å². The summed E-state index contributed by atoms with van der Waals surface area (Å²) in [6.07, 6.45) is 4.01. The first kappa shape index (κ1) is 17.8. The number of likely N-dealkylation sites (tertiary alicyclic amines) is 1. The molecule has 1 saturated carbocycles. The molecule has 0 bridgehead atoms. The Morgan fingerprint density at radius 2 is 1.92 bits per heavy atom. The Balaban J connectivity index is 1.58. The Morgan fingerprint density at radius 1 is 1.23 bits per heavy atom. The lowest BCUT2D eigenvalue weighted by molar-refractivity contribution is -0.128. The van der Waals surface area contributed by atoms with Crippen molar-refractivity contribution < 1.29 is 13.2 Å². The summed E-state index contributed by atoms with van der Waals surface area (Å²) in [7, 11) is -3.47. The molecule has 7 heteroatoms. The lowest BCUT2D eigenvalue weighted by Gasteiger charge is -2.24. The van der Waals surface area contributed by atoms with Crippen LogP contribution in [-0.2, 0) is 20.2 Å². The smallest absolute Gasteiger partial charge is 0.242 e. The van der Waals surface area contributed by atoms with Crippen molar-refractivity contribution in [3.05, 3.63) is 23.8 Å². The fourth-order valence-electron chi connectivity index (χ4n) is 4.01. The third kappa shape index (κ3) is 3.34. The largest absolute Gasteiger partial charge is 0.361 e. The molecule has 6 nitrogen and oxygen atoms in total. The first-order valence-electron chi connectivity index (χ1n) is 9.46. The topological polar surface area (TPSA) is 69.7 Å². The molecule has 1 amide bonds. The summed E-state index contributed by atoms with van der Waals surface area (Å²) >= 11 is 0. The third-order valence-corrected chi connectivity index (χ3v) is 7.14. The van der Waals surface area contributed by atoms with Crippen LogP contribution in [0.5, 0.6) is 0 Å². The van der Waals surface area contributed by atoms with Gasteiger partial charge in [-0.3, -0.25) is 4.79 Å². The third-order valence-electron chi connectivity index (χ3n) is 5.62. The van der Waals surface area contributed by atoms with Crippen LogP contribution in [0.3, 0.4) is 0 Å². The van der Waals surface area contributed by atoms with E-state index >= 15 is 0 Å². The predicted octanol–water partition coefficient (Wildman–Crippen LogP) is 1.85. The molecule has 1 aliphatic carbocycles. The number of fused-ring (bicyclic) bond motifs is 1. The normalized spacial score (nSPS) is 21.9. The Kier molecular flexibility index (Phi) is 4.27. The van der Waals surface area contributed by atoms with Gasteiger partial charge in [-0.1, -0.05) is 13.8 Å². The van der Waals surface area contributed by atoms with E-state index in [4.69, 9.17) is 0 Å². The Morgan fingerprint density at radius 3 is 2.58 bits per heavy atom. The first-order valence-corrected chi connectivity index (χ1v) is 10.9. The summed E-state index contributed by atoms with van der Waals surface area (Å²) in [4.78, 5) is 16.9. The SMILES string of the molecule is CC1(C)CN(CC(=O)N2CCCC2)c2ccc(S(=O)(=O)NC3CC3)cc21. The monoisotopic (exact) mass is 377 g/mol. The fourth-order valence-corrected chi connectivity index (χ4v) is 5.34. The van der Waals surface area contributed by atoms with Crippen molar-refractivity contribution in [1.82, 2.24) is 9.62 Å². The van der Waals surface area contributed by atoms with E-state index in [0.29, 0.717) is 11.4 Å². The van der Waals surface area contributed by atoms with Gasteiger partial charge in [-0.2, -0.15) is 0 Å². The zero-order chi connectivity index (χ0) is 18.5. The van der Waals surface area contributed by atoms with E-state index in [0.717, 1.165) is 56.6 Å². The fraction of sp³-hybridized carbons (Fsp3) is 0.632. The number of benzene rings is 1. The van der Waals surface area contributed by atoms with Crippen molar-refractivity contribution >= 4 is 21.6 Å². The van der Waals surface area contributed by atoms with Gasteiger partial charge in [0.1, 0.15) is 0 Å². The molecule has 1 N–H and O–H groups in total. The lowest BCUT2D eigenvalue weighted by Crippen LogP contribution is -2.40. The number of sulfonamides is 1. The van der Waals surface area contributed by atoms with E-state index in [1.54, 1.807) is 12.1 Å². The summed E-state index contributed by atoms with van der Waals surface area (Å²) in [6, 6.07) is 5.41. The molecule has 2 heterocycles. The number of carbonyl (C=O) groups excluding carboxylic acids is 1. The van der Waals surface area contributed by atoms with Gasteiger partial charge in [-0.05, 0) is 49.4 Å². The number of rotatable bonds is 5. The van der Waals surface area contributed by atoms with Gasteiger partial charge in [0.15, 0.2) is 0 Å². The zero-order valence-electron chi connectivity index (χ0n) is 15.5. The van der Waals surface area contributed by atoms with Crippen LogP contribution in [0.1, 0.15) is 45.1 Å². The summed E-state index contributed by atoms with van der Waals surface area (Å²) in [5, 5.41) is 0. The molecule has 0 spiro atoms. The van der Waals surface area contributed by atoms with Gasteiger partial charge in [-0.15, -0.1) is 0 Å². The number of hydrogen-bond acceptors (Lipinski definition) is 4. The standard InChI is InChI=1S/C19H27N3O3S/c1-19(2)13-22(12-18(23)21-9-3-4-10-21)17-8-7-15(11-16(17)19)26(24,25)20-14-5-6-14/h7-8,11,14,20H,3-6,9-10,12-13H2,1-2H3. The van der Waals surface area contributed by atoms with Gasteiger partial charge in [0.2, 0.25) is 15.9 Å². The minimum atomic E-state index is -3.47. The summed E-state index contributed by atoms with van der Waals surface area (Å²) in [5.41, 5.74) is 1.80. The van der Waals surface area contributed by atoms with Crippen molar-refractivity contribution in [1.29, 1.82) is 0 Å². The van der Waals surface area contributed by atoms with Crippen LogP contribution in [0.2, 0.25) is 0 Å². The van der Waals surface area contributed by atoms with Crippen molar-refractivity contribution in [2.24, 2.45) is 0 Å². The highest BCUT2D eigenvalue weighted by molar-refractivity contribution is 7.89. The molecule has 4 rings (SSSR count). The van der Waals surface area contributed by atoms with Crippen LogP contribution in [0.25, 0.3) is 0 Å². The van der Waals surface area contributed by atoms with Crippen LogP contribution >= 0.6 is 0 Å².